The molecule has 1 aliphatic rings. The fourth-order valence-electron chi connectivity index (χ4n) is 5.19. The Kier molecular flexibility index (Phi) is 10.6. The van der Waals surface area contributed by atoms with Gasteiger partial charge in [-0.05, 0) is 54.1 Å². The Hall–Kier alpha value is -3.79. The molecule has 0 spiro atoms. The molecule has 0 aromatic heterocycles. The second-order valence-corrected chi connectivity index (χ2v) is 10.4. The van der Waals surface area contributed by atoms with E-state index < -0.39 is 18.0 Å². The molecule has 3 aromatic carbocycles. The number of hydrogen-bond donors (Lipinski definition) is 4. The molecule has 1 unspecified atom stereocenters. The lowest BCUT2D eigenvalue weighted by molar-refractivity contribution is -0.143. The second kappa shape index (κ2) is 14.6. The minimum Gasteiger partial charge on any atom is -0.370 e. The molecular weight excluding hydrogens is 506 g/mol. The molecule has 1 heterocycles. The molecule has 1 fully saturated rings. The number of hydrogen-bond acceptors (Lipinski definition) is 6. The Morgan fingerprint density at radius 3 is 2.48 bits per heavy atom. The fraction of sp³-hybridized carbons (Fsp3) is 0.387. The Morgan fingerprint density at radius 2 is 1.75 bits per heavy atom. The summed E-state index contributed by atoms with van der Waals surface area (Å²) in [6.45, 7) is 1.49. The summed E-state index contributed by atoms with van der Waals surface area (Å²) in [6.07, 6.45) is 2.92. The molecule has 3 aromatic rings. The number of ketones is 1. The molecule has 1 saturated heterocycles. The third kappa shape index (κ3) is 8.35. The molecule has 40 heavy (non-hydrogen) atoms. The number of carbonyl (C=O) groups excluding carboxylic acids is 3. The van der Waals surface area contributed by atoms with Crippen molar-refractivity contribution in [2.75, 3.05) is 33.4 Å². The van der Waals surface area contributed by atoms with Crippen molar-refractivity contribution in [3.8, 4) is 0 Å². The molecule has 0 aliphatic carbocycles. The number of nitrogens with two attached hydrogens (primary N) is 1. The van der Waals surface area contributed by atoms with Gasteiger partial charge in [-0.1, -0.05) is 72.8 Å². The van der Waals surface area contributed by atoms with Crippen molar-refractivity contribution < 1.29 is 19.1 Å². The number of nitrogens with zero attached hydrogens (tertiary/aromatic N) is 1. The Morgan fingerprint density at radius 1 is 1.00 bits per heavy atom. The van der Waals surface area contributed by atoms with Crippen LogP contribution in [0.3, 0.4) is 0 Å². The molecule has 3 amide bonds. The highest BCUT2D eigenvalue weighted by Gasteiger charge is 2.33. The molecule has 0 saturated carbocycles. The Labute approximate surface area is 235 Å². The van der Waals surface area contributed by atoms with E-state index >= 15 is 0 Å². The number of urea groups is 1. The van der Waals surface area contributed by atoms with E-state index in [-0.39, 0.29) is 30.9 Å². The van der Waals surface area contributed by atoms with Crippen molar-refractivity contribution in [3.05, 3.63) is 83.9 Å². The number of ether oxygens (including phenoxy) is 1. The van der Waals surface area contributed by atoms with Gasteiger partial charge in [0.15, 0.2) is 5.78 Å². The third-order valence-corrected chi connectivity index (χ3v) is 7.43. The molecule has 0 radical (unpaired) electrons. The lowest BCUT2D eigenvalue weighted by Crippen LogP contribution is -2.51. The number of rotatable bonds is 14. The Balaban J connectivity index is 1.55. The summed E-state index contributed by atoms with van der Waals surface area (Å²) in [4.78, 5) is 40.3. The molecule has 1 aliphatic heterocycles. The molecule has 9 nitrogen and oxygen atoms in total. The molecule has 4 rings (SSSR count). The van der Waals surface area contributed by atoms with Crippen LogP contribution in [0.25, 0.3) is 10.8 Å². The maximum atomic E-state index is 14.2. The number of amides is 3. The van der Waals surface area contributed by atoms with Crippen LogP contribution in [0.5, 0.6) is 0 Å². The van der Waals surface area contributed by atoms with Crippen LogP contribution in [0.15, 0.2) is 72.8 Å². The van der Waals surface area contributed by atoms with Crippen molar-refractivity contribution in [1.82, 2.24) is 21.1 Å². The van der Waals surface area contributed by atoms with Gasteiger partial charge in [-0.25, -0.2) is 10.2 Å². The van der Waals surface area contributed by atoms with Gasteiger partial charge < -0.3 is 20.7 Å². The number of hydrazine groups is 1. The molecule has 3 atom stereocenters. The van der Waals surface area contributed by atoms with E-state index in [0.717, 1.165) is 41.3 Å². The van der Waals surface area contributed by atoms with Crippen molar-refractivity contribution in [3.63, 3.8) is 0 Å². The topological polar surface area (TPSA) is 126 Å². The Bertz CT molecular complexity index is 1280. The third-order valence-electron chi connectivity index (χ3n) is 7.43. The highest BCUT2D eigenvalue weighted by atomic mass is 16.5. The van der Waals surface area contributed by atoms with Crippen molar-refractivity contribution >= 4 is 28.5 Å². The molecular formula is C31H39N5O4. The number of fused-ring (bicyclic) bond motifs is 1. The zero-order valence-corrected chi connectivity index (χ0v) is 23.0. The smallest absolute Gasteiger partial charge is 0.326 e. The summed E-state index contributed by atoms with van der Waals surface area (Å²) in [6, 6.07) is 22.6. The fourth-order valence-corrected chi connectivity index (χ4v) is 5.19. The quantitative estimate of drug-likeness (QED) is 0.231. The SMILES string of the molecule is CN(C(=O)COC[C@H]1CCCN1)[C@@H](Cc1ccc2ccccc2c1)C(=O)C(CNNC(N)=O)Cc1ccccc1. The first-order chi connectivity index (χ1) is 19.4. The summed E-state index contributed by atoms with van der Waals surface area (Å²) in [5.41, 5.74) is 12.3. The predicted octanol–water partition coefficient (Wildman–Crippen LogP) is 2.58. The molecule has 0 bridgehead atoms. The number of primary amides is 1. The van der Waals surface area contributed by atoms with E-state index in [1.165, 1.54) is 4.90 Å². The number of benzene rings is 3. The van der Waals surface area contributed by atoms with Gasteiger partial charge in [-0.2, -0.15) is 0 Å². The zero-order valence-electron chi connectivity index (χ0n) is 23.0. The van der Waals surface area contributed by atoms with Crippen LogP contribution in [-0.4, -0.2) is 68.1 Å². The summed E-state index contributed by atoms with van der Waals surface area (Å²) in [5, 5.41) is 5.54. The number of likely N-dealkylation sites (N-methyl/N-ethyl adjacent to an activating group) is 1. The summed E-state index contributed by atoms with van der Waals surface area (Å²) < 4.78 is 5.75. The van der Waals surface area contributed by atoms with Gasteiger partial charge in [0.25, 0.3) is 0 Å². The first kappa shape index (κ1) is 29.2. The van der Waals surface area contributed by atoms with Crippen LogP contribution in [0.4, 0.5) is 4.79 Å². The van der Waals surface area contributed by atoms with E-state index in [9.17, 15) is 14.4 Å². The van der Waals surface area contributed by atoms with E-state index in [1.807, 2.05) is 66.7 Å². The van der Waals surface area contributed by atoms with E-state index in [1.54, 1.807) is 7.05 Å². The van der Waals surface area contributed by atoms with E-state index in [0.29, 0.717) is 19.4 Å². The van der Waals surface area contributed by atoms with Crippen LogP contribution >= 0.6 is 0 Å². The van der Waals surface area contributed by atoms with Gasteiger partial charge in [0.05, 0.1) is 12.6 Å². The van der Waals surface area contributed by atoms with Crippen molar-refractivity contribution in [1.29, 1.82) is 0 Å². The largest absolute Gasteiger partial charge is 0.370 e. The van der Waals surface area contributed by atoms with Gasteiger partial charge in [-0.3, -0.25) is 15.0 Å². The second-order valence-electron chi connectivity index (χ2n) is 10.4. The van der Waals surface area contributed by atoms with Crippen molar-refractivity contribution in [2.24, 2.45) is 11.7 Å². The minimum absolute atomic E-state index is 0.0962. The van der Waals surface area contributed by atoms with Crippen LogP contribution in [0, 0.1) is 5.92 Å². The maximum absolute atomic E-state index is 14.2. The number of Topliss-reactive ketones (excluding diaryl/α,β-unsaturated/α-hetero) is 1. The summed E-state index contributed by atoms with van der Waals surface area (Å²) in [7, 11) is 1.66. The lowest BCUT2D eigenvalue weighted by Gasteiger charge is -2.31. The maximum Gasteiger partial charge on any atom is 0.326 e. The average molecular weight is 546 g/mol. The normalized spacial score (nSPS) is 16.4. The molecule has 5 N–H and O–H groups in total. The summed E-state index contributed by atoms with van der Waals surface area (Å²) >= 11 is 0. The predicted molar refractivity (Wildman–Crippen MR) is 155 cm³/mol. The van der Waals surface area contributed by atoms with Crippen LogP contribution in [0.2, 0.25) is 0 Å². The van der Waals surface area contributed by atoms with E-state index in [4.69, 9.17) is 10.5 Å². The zero-order chi connectivity index (χ0) is 28.3. The van der Waals surface area contributed by atoms with Crippen LogP contribution < -0.4 is 21.9 Å². The molecule has 212 valence electrons. The van der Waals surface area contributed by atoms with Gasteiger partial charge in [0, 0.05) is 25.6 Å². The van der Waals surface area contributed by atoms with Gasteiger partial charge in [-0.15, -0.1) is 0 Å². The first-order valence-corrected chi connectivity index (χ1v) is 13.8. The highest BCUT2D eigenvalue weighted by molar-refractivity contribution is 5.92. The number of nitrogens with one attached hydrogen (secondary N) is 3. The van der Waals surface area contributed by atoms with Gasteiger partial charge >= 0.3 is 6.03 Å². The van der Waals surface area contributed by atoms with Gasteiger partial charge in [0.2, 0.25) is 5.91 Å². The lowest BCUT2D eigenvalue weighted by atomic mass is 9.87. The van der Waals surface area contributed by atoms with Crippen LogP contribution in [0.1, 0.15) is 24.0 Å². The highest BCUT2D eigenvalue weighted by Crippen LogP contribution is 2.21. The monoisotopic (exact) mass is 545 g/mol. The minimum atomic E-state index is -0.736. The standard InChI is InChI=1S/C31H39N5O4/c1-36(29(37)21-40-20-27-12-7-15-33-27)28(18-23-13-14-24-10-5-6-11-25(24)17-23)30(38)26(19-34-35-31(32)39)16-22-8-3-2-4-9-22/h2-6,8-11,13-14,17,26-28,33-34H,7,12,15-16,18-21H2,1H3,(H3,32,35,39)/t26?,27-,28+/m1/s1. The van der Waals surface area contributed by atoms with E-state index in [2.05, 4.69) is 22.2 Å². The van der Waals surface area contributed by atoms with Gasteiger partial charge in [0.1, 0.15) is 6.61 Å². The first-order valence-electron chi connectivity index (χ1n) is 13.8. The number of carbonyl (C=O) groups is 3. The average Bonchev–Trinajstić information content (AvgIpc) is 3.48. The van der Waals surface area contributed by atoms with Crippen molar-refractivity contribution in [2.45, 2.75) is 37.8 Å². The van der Waals surface area contributed by atoms with Crippen LogP contribution in [-0.2, 0) is 27.2 Å². The molecule has 9 heteroatoms. The summed E-state index contributed by atoms with van der Waals surface area (Å²) in [5.74, 6) is -0.888.